The molecular formula is C42H49F3N10O6. The fourth-order valence-electron chi connectivity index (χ4n) is 7.76. The zero-order valence-electron chi connectivity index (χ0n) is 33.5. The molecule has 6 N–H and O–H groups in total. The predicted octanol–water partition coefficient (Wildman–Crippen LogP) is 5.00. The molecule has 0 radical (unpaired) electrons. The average molecular weight is 847 g/mol. The van der Waals surface area contributed by atoms with Gasteiger partial charge >= 0.3 is 6.36 Å². The third-order valence-electron chi connectivity index (χ3n) is 11.0. The van der Waals surface area contributed by atoms with Crippen LogP contribution in [0.2, 0.25) is 0 Å². The number of carbonyl (C=O) groups is 5. The van der Waals surface area contributed by atoms with E-state index in [0.29, 0.717) is 36.6 Å². The van der Waals surface area contributed by atoms with Crippen LogP contribution in [0.25, 0.3) is 0 Å². The maximum atomic E-state index is 13.2. The quantitative estimate of drug-likeness (QED) is 0.0653. The molecule has 324 valence electrons. The molecule has 1 saturated heterocycles. The Kier molecular flexibility index (Phi) is 15.1. The zero-order chi connectivity index (χ0) is 43.4. The Morgan fingerprint density at radius 1 is 0.902 bits per heavy atom. The second kappa shape index (κ2) is 20.8. The van der Waals surface area contributed by atoms with Gasteiger partial charge in [-0.3, -0.25) is 34.2 Å². The van der Waals surface area contributed by atoms with Gasteiger partial charge in [0, 0.05) is 43.3 Å². The summed E-state index contributed by atoms with van der Waals surface area (Å²) in [7, 11) is 0. The highest BCUT2D eigenvalue weighted by Crippen LogP contribution is 2.33. The number of alkyl halides is 3. The number of para-hydroxylation sites is 1. The predicted molar refractivity (Wildman–Crippen MR) is 217 cm³/mol. The highest BCUT2D eigenvalue weighted by atomic mass is 19.4. The molecule has 0 spiro atoms. The van der Waals surface area contributed by atoms with E-state index >= 15 is 0 Å². The molecule has 2 aliphatic heterocycles. The van der Waals surface area contributed by atoms with Gasteiger partial charge in [0.2, 0.25) is 23.7 Å². The number of amides is 5. The maximum absolute atomic E-state index is 13.2. The second-order valence-electron chi connectivity index (χ2n) is 15.3. The normalized spacial score (nSPS) is 18.9. The second-order valence-corrected chi connectivity index (χ2v) is 15.3. The average Bonchev–Trinajstić information content (AvgIpc) is 3.49. The number of ether oxygens (including phenoxy) is 1. The van der Waals surface area contributed by atoms with Crippen molar-refractivity contribution in [2.24, 2.45) is 5.92 Å². The Bertz CT molecular complexity index is 2120. The van der Waals surface area contributed by atoms with Crippen LogP contribution in [-0.4, -0.2) is 89.0 Å². The van der Waals surface area contributed by atoms with Crippen molar-refractivity contribution in [3.63, 3.8) is 0 Å². The van der Waals surface area contributed by atoms with Crippen LogP contribution in [0.1, 0.15) is 102 Å². The van der Waals surface area contributed by atoms with E-state index < -0.39 is 36.0 Å². The number of halogens is 3. The van der Waals surface area contributed by atoms with Crippen molar-refractivity contribution in [1.82, 2.24) is 30.8 Å². The number of piperidine rings is 1. The van der Waals surface area contributed by atoms with Crippen molar-refractivity contribution in [2.75, 3.05) is 42.1 Å². The molecule has 1 unspecified atom stereocenters. The lowest BCUT2D eigenvalue weighted by Crippen LogP contribution is -2.54. The number of imide groups is 2. The Morgan fingerprint density at radius 3 is 2.41 bits per heavy atom. The van der Waals surface area contributed by atoms with E-state index in [0.717, 1.165) is 69.2 Å². The fourth-order valence-corrected chi connectivity index (χ4v) is 7.76. The summed E-state index contributed by atoms with van der Waals surface area (Å²) in [5, 5.41) is 27.5. The molecule has 3 heterocycles. The summed E-state index contributed by atoms with van der Waals surface area (Å²) in [6.45, 7) is 1.95. The van der Waals surface area contributed by atoms with E-state index in [1.807, 2.05) is 0 Å². The molecule has 19 heteroatoms. The number of anilines is 3. The van der Waals surface area contributed by atoms with Crippen LogP contribution in [0.15, 0.2) is 48.7 Å². The molecule has 3 aliphatic rings. The highest BCUT2D eigenvalue weighted by Gasteiger charge is 2.45. The van der Waals surface area contributed by atoms with E-state index in [1.165, 1.54) is 30.5 Å². The Balaban J connectivity index is 0.807. The third-order valence-corrected chi connectivity index (χ3v) is 11.0. The van der Waals surface area contributed by atoms with Gasteiger partial charge in [-0.05, 0) is 75.6 Å². The van der Waals surface area contributed by atoms with Crippen molar-refractivity contribution in [3.05, 3.63) is 70.9 Å². The first-order valence-corrected chi connectivity index (χ1v) is 20.6. The lowest BCUT2D eigenvalue weighted by Gasteiger charge is -2.29. The first kappa shape index (κ1) is 44.3. The van der Waals surface area contributed by atoms with E-state index in [4.69, 9.17) is 0 Å². The standard InChI is InChI=1S/C42H49F3N10O6/c43-42(44,45)61-33-12-5-4-9-27(33)23-51-41-52-24-28(21-46)37(54-41)50-22-26-13-15-29(16-14-26)47-19-6-2-1-3-7-20-48-35(57)25-49-31-11-8-10-30-36(31)40(60)55(39(30)59)32-17-18-34(56)53-38(32)58/h4-5,8-12,24,26,29,32,47,49H,1-3,6-7,13-20,22-23,25H2,(H,48,57)(H,53,56,58)(H2,50,51,52,54). The molecular weight excluding hydrogens is 798 g/mol. The summed E-state index contributed by atoms with van der Waals surface area (Å²) in [5.41, 5.74) is 1.12. The number of carbonyl (C=O) groups excluding carboxylic acids is 5. The topological polar surface area (TPSA) is 220 Å². The summed E-state index contributed by atoms with van der Waals surface area (Å²) in [6, 6.07) is 12.0. The SMILES string of the molecule is N#Cc1cnc(NCc2ccccc2OC(F)(F)F)nc1NCC1CCC(NCCCCCCCNC(=O)CNc2cccc3c2C(=O)N(C2CCC(=O)NC2=O)C3=O)CC1. The molecule has 16 nitrogen and oxygen atoms in total. The van der Waals surface area contributed by atoms with Gasteiger partial charge in [0.05, 0.1) is 23.9 Å². The molecule has 1 saturated carbocycles. The smallest absolute Gasteiger partial charge is 0.405 e. The van der Waals surface area contributed by atoms with Gasteiger partial charge in [0.25, 0.3) is 11.8 Å². The number of nitrogens with zero attached hydrogens (tertiary/aromatic N) is 4. The van der Waals surface area contributed by atoms with Crippen molar-refractivity contribution in [2.45, 2.75) is 95.6 Å². The maximum Gasteiger partial charge on any atom is 0.573 e. The molecule has 6 rings (SSSR count). The summed E-state index contributed by atoms with van der Waals surface area (Å²) in [5.74, 6) is -2.02. The minimum atomic E-state index is -4.82. The van der Waals surface area contributed by atoms with Gasteiger partial charge in [-0.1, -0.05) is 43.5 Å². The van der Waals surface area contributed by atoms with Crippen molar-refractivity contribution in [1.29, 1.82) is 5.26 Å². The molecule has 2 aromatic carbocycles. The number of nitriles is 1. The summed E-state index contributed by atoms with van der Waals surface area (Å²) in [6.07, 6.45) is 5.67. The van der Waals surface area contributed by atoms with E-state index in [2.05, 4.69) is 52.7 Å². The number of hydrogen-bond donors (Lipinski definition) is 6. The molecule has 2 fully saturated rings. The van der Waals surface area contributed by atoms with Crippen LogP contribution >= 0.6 is 0 Å². The van der Waals surface area contributed by atoms with Crippen LogP contribution in [0.4, 0.5) is 30.6 Å². The first-order valence-electron chi connectivity index (χ1n) is 20.6. The van der Waals surface area contributed by atoms with Crippen molar-refractivity contribution < 1.29 is 41.9 Å². The first-order chi connectivity index (χ1) is 29.4. The summed E-state index contributed by atoms with van der Waals surface area (Å²) >= 11 is 0. The van der Waals surface area contributed by atoms with Gasteiger partial charge in [0.15, 0.2) is 0 Å². The van der Waals surface area contributed by atoms with Crippen LogP contribution in [0.5, 0.6) is 5.75 Å². The monoisotopic (exact) mass is 846 g/mol. The third kappa shape index (κ3) is 12.2. The highest BCUT2D eigenvalue weighted by molar-refractivity contribution is 6.25. The van der Waals surface area contributed by atoms with E-state index in [-0.39, 0.29) is 65.8 Å². The van der Waals surface area contributed by atoms with Gasteiger partial charge in [-0.25, -0.2) is 4.98 Å². The van der Waals surface area contributed by atoms with Gasteiger partial charge in [-0.15, -0.1) is 13.2 Å². The van der Waals surface area contributed by atoms with Crippen LogP contribution in [-0.2, 0) is 20.9 Å². The van der Waals surface area contributed by atoms with Gasteiger partial charge in [-0.2, -0.15) is 10.2 Å². The van der Waals surface area contributed by atoms with Crippen molar-refractivity contribution in [3.8, 4) is 11.8 Å². The van der Waals surface area contributed by atoms with Crippen LogP contribution < -0.4 is 36.6 Å². The summed E-state index contributed by atoms with van der Waals surface area (Å²) < 4.78 is 42.5. The summed E-state index contributed by atoms with van der Waals surface area (Å²) in [4.78, 5) is 72.2. The number of nitrogens with one attached hydrogen (secondary N) is 6. The molecule has 61 heavy (non-hydrogen) atoms. The Hall–Kier alpha value is -6.29. The molecule has 0 bridgehead atoms. The Morgan fingerprint density at radius 2 is 1.66 bits per heavy atom. The molecule has 1 aromatic heterocycles. The molecule has 1 aliphatic carbocycles. The number of unbranched alkanes of at least 4 members (excludes halogenated alkanes) is 4. The van der Waals surface area contributed by atoms with Crippen molar-refractivity contribution >= 4 is 47.0 Å². The number of rotatable bonds is 20. The lowest BCUT2D eigenvalue weighted by atomic mass is 9.86. The lowest BCUT2D eigenvalue weighted by molar-refractivity contribution is -0.274. The van der Waals surface area contributed by atoms with Crippen LogP contribution in [0.3, 0.4) is 0 Å². The van der Waals surface area contributed by atoms with Gasteiger partial charge in [0.1, 0.15) is 29.2 Å². The molecule has 1 atom stereocenters. The minimum absolute atomic E-state index is 0.0113. The van der Waals surface area contributed by atoms with E-state index in [9.17, 15) is 42.4 Å². The number of aromatic nitrogens is 2. The Labute approximate surface area is 350 Å². The largest absolute Gasteiger partial charge is 0.573 e. The van der Waals surface area contributed by atoms with Crippen LogP contribution in [0, 0.1) is 17.2 Å². The number of hydrogen-bond acceptors (Lipinski definition) is 13. The molecule has 3 aromatic rings. The molecule has 5 amide bonds. The van der Waals surface area contributed by atoms with E-state index in [1.54, 1.807) is 18.2 Å². The van der Waals surface area contributed by atoms with Gasteiger partial charge < -0.3 is 31.3 Å². The fraction of sp³-hybridized carbons (Fsp3) is 0.476. The number of benzene rings is 2. The number of fused-ring (bicyclic) bond motifs is 1. The zero-order valence-corrected chi connectivity index (χ0v) is 33.5. The minimum Gasteiger partial charge on any atom is -0.405 e.